The molecule has 0 fully saturated rings. The van der Waals surface area contributed by atoms with Gasteiger partial charge in [0.2, 0.25) is 10.0 Å². The van der Waals surface area contributed by atoms with Crippen LogP contribution in [-0.2, 0) is 16.2 Å². The average molecular weight is 438 g/mol. The van der Waals surface area contributed by atoms with Crippen LogP contribution in [0.2, 0.25) is 0 Å². The van der Waals surface area contributed by atoms with E-state index < -0.39 is 26.7 Å². The van der Waals surface area contributed by atoms with Gasteiger partial charge in [0.15, 0.2) is 0 Å². The van der Waals surface area contributed by atoms with Crippen LogP contribution in [-0.4, -0.2) is 32.9 Å². The molecule has 0 bridgehead atoms. The topological polar surface area (TPSA) is 46.6 Å². The summed E-state index contributed by atoms with van der Waals surface area (Å²) in [5, 5.41) is 0. The van der Waals surface area contributed by atoms with Gasteiger partial charge in [-0.05, 0) is 36.4 Å². The Balaban J connectivity index is 2.10. The van der Waals surface area contributed by atoms with Crippen molar-refractivity contribution in [3.63, 3.8) is 0 Å². The highest BCUT2D eigenvalue weighted by Gasteiger charge is 2.37. The summed E-state index contributed by atoms with van der Waals surface area (Å²) in [6, 6.07) is 11.0. The first-order valence-corrected chi connectivity index (χ1v) is 9.36. The van der Waals surface area contributed by atoms with E-state index in [0.29, 0.717) is 5.75 Å². The van der Waals surface area contributed by atoms with E-state index in [2.05, 4.69) is 15.9 Å². The summed E-state index contributed by atoms with van der Waals surface area (Å²) in [5.74, 6) is 0.532. The zero-order chi connectivity index (χ0) is 18.7. The van der Waals surface area contributed by atoms with E-state index in [9.17, 15) is 21.6 Å². The van der Waals surface area contributed by atoms with Crippen molar-refractivity contribution in [3.05, 3.63) is 58.6 Å². The van der Waals surface area contributed by atoms with E-state index in [1.807, 2.05) is 0 Å². The Hall–Kier alpha value is -1.58. The molecule has 2 rings (SSSR count). The van der Waals surface area contributed by atoms with Crippen LogP contribution in [0.15, 0.2) is 57.9 Å². The molecule has 0 aliphatic rings. The highest BCUT2D eigenvalue weighted by molar-refractivity contribution is 9.10. The SMILES string of the molecule is CN(CCOc1ccc(Br)cc1)S(=O)(=O)c1ccccc1C(F)(F)F. The van der Waals surface area contributed by atoms with Crippen molar-refractivity contribution in [2.24, 2.45) is 0 Å². The van der Waals surface area contributed by atoms with Gasteiger partial charge >= 0.3 is 6.18 Å². The third kappa shape index (κ3) is 4.96. The average Bonchev–Trinajstić information content (AvgIpc) is 2.55. The number of benzene rings is 2. The first kappa shape index (κ1) is 19.7. The molecule has 0 amide bonds. The van der Waals surface area contributed by atoms with Crippen LogP contribution in [0.5, 0.6) is 5.75 Å². The lowest BCUT2D eigenvalue weighted by molar-refractivity contribution is -0.139. The third-order valence-electron chi connectivity index (χ3n) is 3.37. The first-order chi connectivity index (χ1) is 11.6. The van der Waals surface area contributed by atoms with Crippen LogP contribution in [0.4, 0.5) is 13.2 Å². The number of alkyl halides is 3. The number of likely N-dealkylation sites (N-methyl/N-ethyl adjacent to an activating group) is 1. The van der Waals surface area contributed by atoms with Gasteiger partial charge in [-0.15, -0.1) is 0 Å². The molecule has 25 heavy (non-hydrogen) atoms. The normalized spacial score (nSPS) is 12.4. The smallest absolute Gasteiger partial charge is 0.417 e. The van der Waals surface area contributed by atoms with Crippen LogP contribution in [0.25, 0.3) is 0 Å². The summed E-state index contributed by atoms with van der Waals surface area (Å²) < 4.78 is 71.1. The molecule has 2 aromatic rings. The highest BCUT2D eigenvalue weighted by atomic mass is 79.9. The molecule has 2 aromatic carbocycles. The zero-order valence-corrected chi connectivity index (χ0v) is 15.5. The lowest BCUT2D eigenvalue weighted by atomic mass is 10.2. The van der Waals surface area contributed by atoms with E-state index in [4.69, 9.17) is 4.74 Å². The van der Waals surface area contributed by atoms with Crippen molar-refractivity contribution in [2.75, 3.05) is 20.2 Å². The van der Waals surface area contributed by atoms with Gasteiger partial charge in [-0.3, -0.25) is 0 Å². The molecular formula is C16H15BrF3NO3S. The largest absolute Gasteiger partial charge is 0.492 e. The Kier molecular flexibility index (Phi) is 6.12. The molecule has 136 valence electrons. The van der Waals surface area contributed by atoms with Crippen LogP contribution in [0, 0.1) is 0 Å². The van der Waals surface area contributed by atoms with Gasteiger partial charge in [0.1, 0.15) is 12.4 Å². The summed E-state index contributed by atoms with van der Waals surface area (Å²) in [4.78, 5) is -0.770. The number of sulfonamides is 1. The molecule has 0 aromatic heterocycles. The molecule has 0 unspecified atom stereocenters. The van der Waals surface area contributed by atoms with Crippen LogP contribution < -0.4 is 4.74 Å². The molecule has 0 heterocycles. The minimum atomic E-state index is -4.75. The predicted molar refractivity (Wildman–Crippen MR) is 90.9 cm³/mol. The standard InChI is InChI=1S/C16H15BrF3NO3S/c1-21(10-11-24-13-8-6-12(17)7-9-13)25(22,23)15-5-3-2-4-14(15)16(18,19)20/h2-9H,10-11H2,1H3. The third-order valence-corrected chi connectivity index (χ3v) is 5.81. The maximum Gasteiger partial charge on any atom is 0.417 e. The summed E-state index contributed by atoms with van der Waals surface area (Å²) >= 11 is 3.28. The van der Waals surface area contributed by atoms with Gasteiger partial charge in [-0.2, -0.15) is 17.5 Å². The molecule has 0 atom stereocenters. The highest BCUT2D eigenvalue weighted by Crippen LogP contribution is 2.34. The van der Waals surface area contributed by atoms with Gasteiger partial charge < -0.3 is 4.74 Å². The Labute approximate surface area is 152 Å². The fourth-order valence-electron chi connectivity index (χ4n) is 2.04. The number of hydrogen-bond acceptors (Lipinski definition) is 3. The number of hydrogen-bond donors (Lipinski definition) is 0. The monoisotopic (exact) mass is 437 g/mol. The van der Waals surface area contributed by atoms with Gasteiger partial charge in [0.05, 0.1) is 10.5 Å². The minimum Gasteiger partial charge on any atom is -0.492 e. The second-order valence-electron chi connectivity index (χ2n) is 5.12. The summed E-state index contributed by atoms with van der Waals surface area (Å²) in [6.07, 6.45) is -4.75. The number of ether oxygens (including phenoxy) is 1. The maximum atomic E-state index is 13.0. The second-order valence-corrected chi connectivity index (χ2v) is 8.05. The maximum absolute atomic E-state index is 13.0. The van der Waals surface area contributed by atoms with E-state index in [-0.39, 0.29) is 13.2 Å². The lowest BCUT2D eigenvalue weighted by Gasteiger charge is -2.20. The van der Waals surface area contributed by atoms with Gasteiger partial charge in [0, 0.05) is 18.1 Å². The number of rotatable bonds is 6. The molecule has 4 nitrogen and oxygen atoms in total. The zero-order valence-electron chi connectivity index (χ0n) is 13.1. The fourth-order valence-corrected chi connectivity index (χ4v) is 3.66. The minimum absolute atomic E-state index is 0.00550. The van der Waals surface area contributed by atoms with Crippen LogP contribution >= 0.6 is 15.9 Å². The lowest BCUT2D eigenvalue weighted by Crippen LogP contribution is -2.32. The van der Waals surface area contributed by atoms with Gasteiger partial charge in [-0.1, -0.05) is 28.1 Å². The molecule has 9 heteroatoms. The quantitative estimate of drug-likeness (QED) is 0.681. The molecule has 0 spiro atoms. The van der Waals surface area contributed by atoms with Crippen molar-refractivity contribution in [1.82, 2.24) is 4.31 Å². The molecule has 0 N–H and O–H groups in total. The van der Waals surface area contributed by atoms with E-state index in [0.717, 1.165) is 27.0 Å². The summed E-state index contributed by atoms with van der Waals surface area (Å²) in [7, 11) is -3.07. The van der Waals surface area contributed by atoms with Crippen LogP contribution in [0.3, 0.4) is 0 Å². The van der Waals surface area contributed by atoms with Crippen molar-refractivity contribution < 1.29 is 26.3 Å². The van der Waals surface area contributed by atoms with Crippen molar-refractivity contribution in [2.45, 2.75) is 11.1 Å². The second kappa shape index (κ2) is 7.76. The van der Waals surface area contributed by atoms with Crippen molar-refractivity contribution in [3.8, 4) is 5.75 Å². The summed E-state index contributed by atoms with van der Waals surface area (Å²) in [5.41, 5.74) is -1.18. The Morgan fingerprint density at radius 2 is 1.68 bits per heavy atom. The van der Waals surface area contributed by atoms with Crippen molar-refractivity contribution in [1.29, 1.82) is 0 Å². The summed E-state index contributed by atoms with van der Waals surface area (Å²) in [6.45, 7) is -0.0872. The van der Waals surface area contributed by atoms with Gasteiger partial charge in [0.25, 0.3) is 0 Å². The van der Waals surface area contributed by atoms with E-state index in [1.54, 1.807) is 24.3 Å². The molecule has 0 radical (unpaired) electrons. The van der Waals surface area contributed by atoms with Crippen LogP contribution in [0.1, 0.15) is 5.56 Å². The molecule has 0 saturated heterocycles. The van der Waals surface area contributed by atoms with E-state index in [1.165, 1.54) is 13.1 Å². The molecule has 0 saturated carbocycles. The molecular weight excluding hydrogens is 423 g/mol. The fraction of sp³-hybridized carbons (Fsp3) is 0.250. The first-order valence-electron chi connectivity index (χ1n) is 7.13. The Morgan fingerprint density at radius 1 is 1.08 bits per heavy atom. The Bertz CT molecular complexity index is 823. The number of halogens is 4. The number of nitrogens with zero attached hydrogens (tertiary/aromatic N) is 1. The van der Waals surface area contributed by atoms with E-state index >= 15 is 0 Å². The molecule has 0 aliphatic carbocycles. The van der Waals surface area contributed by atoms with Crippen molar-refractivity contribution >= 4 is 26.0 Å². The predicted octanol–water partition coefficient (Wildman–Crippen LogP) is 4.17. The molecule has 0 aliphatic heterocycles. The Morgan fingerprint density at radius 3 is 2.28 bits per heavy atom. The van der Waals surface area contributed by atoms with Gasteiger partial charge in [-0.25, -0.2) is 8.42 Å².